The van der Waals surface area contributed by atoms with Crippen LogP contribution in [0, 0.1) is 0 Å². The number of nitrogens with zero attached hydrogens (tertiary/aromatic N) is 1. The van der Waals surface area contributed by atoms with Gasteiger partial charge in [-0.1, -0.05) is 72.8 Å². The van der Waals surface area contributed by atoms with Crippen molar-refractivity contribution < 1.29 is 0 Å². The van der Waals surface area contributed by atoms with E-state index in [1.165, 1.54) is 0 Å². The standard InChI is InChI=1S/C39H39N7/c40-25-28-10-7-13-31(22-28)43-36-20-21-37(46(34-16-3-1-4-17-34)35-18-5-2-6-19-35)39(45-33-15-9-12-30(24-33)27-42)38(36)44-32-14-8-11-29(23-32)26-41/h1-24,43-45H,25-27,40-42H2. The number of nitrogens with one attached hydrogen (secondary N) is 3. The first kappa shape index (κ1) is 30.4. The Labute approximate surface area is 270 Å². The molecule has 7 heteroatoms. The zero-order valence-electron chi connectivity index (χ0n) is 25.7. The molecule has 230 valence electrons. The zero-order chi connectivity index (χ0) is 31.7. The highest BCUT2D eigenvalue weighted by atomic mass is 15.2. The summed E-state index contributed by atoms with van der Waals surface area (Å²) >= 11 is 0. The SMILES string of the molecule is NCc1cccc(Nc2ccc(N(c3ccccc3)c3ccccc3)c(Nc3cccc(CN)c3)c2Nc2cccc(CN)c2)c1. The highest BCUT2D eigenvalue weighted by Gasteiger charge is 2.22. The molecular formula is C39H39N7. The van der Waals surface area contributed by atoms with E-state index in [0.717, 1.165) is 67.9 Å². The predicted octanol–water partition coefficient (Wildman–Crippen LogP) is 8.76. The van der Waals surface area contributed by atoms with Crippen LogP contribution >= 0.6 is 0 Å². The highest BCUT2D eigenvalue weighted by molar-refractivity contribution is 6.00. The molecule has 0 amide bonds. The van der Waals surface area contributed by atoms with Crippen LogP contribution in [0.25, 0.3) is 0 Å². The minimum Gasteiger partial charge on any atom is -0.354 e. The van der Waals surface area contributed by atoms with Crippen LogP contribution in [-0.4, -0.2) is 0 Å². The molecule has 0 aliphatic heterocycles. The molecule has 7 nitrogen and oxygen atoms in total. The second-order valence-corrected chi connectivity index (χ2v) is 11.0. The molecule has 46 heavy (non-hydrogen) atoms. The van der Waals surface area contributed by atoms with E-state index in [4.69, 9.17) is 17.2 Å². The minimum atomic E-state index is 0.443. The van der Waals surface area contributed by atoms with Gasteiger partial charge in [-0.3, -0.25) is 0 Å². The van der Waals surface area contributed by atoms with Crippen molar-refractivity contribution in [2.45, 2.75) is 19.6 Å². The van der Waals surface area contributed by atoms with Gasteiger partial charge in [0.2, 0.25) is 0 Å². The average molecular weight is 606 g/mol. The highest BCUT2D eigenvalue weighted by Crippen LogP contribution is 2.48. The lowest BCUT2D eigenvalue weighted by molar-refractivity contribution is 1.07. The first-order valence-corrected chi connectivity index (χ1v) is 15.4. The van der Waals surface area contributed by atoms with Crippen molar-refractivity contribution in [1.29, 1.82) is 0 Å². The van der Waals surface area contributed by atoms with Crippen molar-refractivity contribution in [2.75, 3.05) is 20.9 Å². The van der Waals surface area contributed by atoms with Crippen molar-refractivity contribution in [1.82, 2.24) is 0 Å². The third kappa shape index (κ3) is 7.03. The fourth-order valence-electron chi connectivity index (χ4n) is 5.49. The fourth-order valence-corrected chi connectivity index (χ4v) is 5.49. The lowest BCUT2D eigenvalue weighted by atomic mass is 10.1. The van der Waals surface area contributed by atoms with Crippen LogP contribution in [0.15, 0.2) is 146 Å². The summed E-state index contributed by atoms with van der Waals surface area (Å²) in [5.41, 5.74) is 29.6. The maximum Gasteiger partial charge on any atom is 0.0889 e. The van der Waals surface area contributed by atoms with Crippen molar-refractivity contribution in [3.8, 4) is 0 Å². The minimum absolute atomic E-state index is 0.443. The number of hydrogen-bond acceptors (Lipinski definition) is 7. The maximum absolute atomic E-state index is 6.06. The molecule has 0 bridgehead atoms. The molecule has 0 unspecified atom stereocenters. The van der Waals surface area contributed by atoms with Gasteiger partial charge in [-0.15, -0.1) is 0 Å². The monoisotopic (exact) mass is 605 g/mol. The van der Waals surface area contributed by atoms with Gasteiger partial charge in [-0.05, 0) is 89.5 Å². The summed E-state index contributed by atoms with van der Waals surface area (Å²) in [5, 5.41) is 11.2. The van der Waals surface area contributed by atoms with Crippen molar-refractivity contribution >= 4 is 51.2 Å². The number of nitrogens with two attached hydrogens (primary N) is 3. The summed E-state index contributed by atoms with van der Waals surface area (Å²) < 4.78 is 0. The lowest BCUT2D eigenvalue weighted by Crippen LogP contribution is -2.14. The summed E-state index contributed by atoms with van der Waals surface area (Å²) in [6.45, 7) is 1.34. The number of anilines is 9. The van der Waals surface area contributed by atoms with E-state index in [2.05, 4.69) is 112 Å². The molecule has 6 aromatic carbocycles. The largest absolute Gasteiger partial charge is 0.354 e. The van der Waals surface area contributed by atoms with Crippen LogP contribution in [0.2, 0.25) is 0 Å². The van der Waals surface area contributed by atoms with Crippen LogP contribution in [0.1, 0.15) is 16.7 Å². The Bertz CT molecular complexity index is 1850. The molecule has 0 saturated heterocycles. The van der Waals surface area contributed by atoms with Gasteiger partial charge in [0.25, 0.3) is 0 Å². The van der Waals surface area contributed by atoms with Crippen molar-refractivity contribution in [3.63, 3.8) is 0 Å². The van der Waals surface area contributed by atoms with Crippen LogP contribution in [0.3, 0.4) is 0 Å². The summed E-state index contributed by atoms with van der Waals surface area (Å²) in [7, 11) is 0. The summed E-state index contributed by atoms with van der Waals surface area (Å²) in [5.74, 6) is 0. The molecule has 0 radical (unpaired) electrons. The van der Waals surface area contributed by atoms with Gasteiger partial charge in [0.15, 0.2) is 0 Å². The van der Waals surface area contributed by atoms with Gasteiger partial charge in [-0.2, -0.15) is 0 Å². The third-order valence-corrected chi connectivity index (χ3v) is 7.76. The summed E-state index contributed by atoms with van der Waals surface area (Å²) in [6.07, 6.45) is 0. The topological polar surface area (TPSA) is 117 Å². The second kappa shape index (κ2) is 14.5. The van der Waals surface area contributed by atoms with Crippen LogP contribution < -0.4 is 38.1 Å². The summed E-state index contributed by atoms with van der Waals surface area (Å²) in [4.78, 5) is 2.26. The molecule has 0 saturated carbocycles. The van der Waals surface area contributed by atoms with E-state index in [-0.39, 0.29) is 0 Å². The normalized spacial score (nSPS) is 10.8. The van der Waals surface area contributed by atoms with Gasteiger partial charge in [0, 0.05) is 48.1 Å². The maximum atomic E-state index is 6.06. The van der Waals surface area contributed by atoms with Gasteiger partial charge in [-0.25, -0.2) is 0 Å². The van der Waals surface area contributed by atoms with E-state index in [0.29, 0.717) is 19.6 Å². The number of para-hydroxylation sites is 2. The molecule has 0 spiro atoms. The molecule has 0 aromatic heterocycles. The molecule has 0 aliphatic carbocycles. The first-order valence-electron chi connectivity index (χ1n) is 15.4. The zero-order valence-corrected chi connectivity index (χ0v) is 25.7. The second-order valence-electron chi connectivity index (χ2n) is 11.0. The van der Waals surface area contributed by atoms with Crippen LogP contribution in [0.5, 0.6) is 0 Å². The lowest BCUT2D eigenvalue weighted by Gasteiger charge is -2.30. The van der Waals surface area contributed by atoms with Gasteiger partial charge >= 0.3 is 0 Å². The Balaban J connectivity index is 1.60. The molecule has 0 aliphatic rings. The molecule has 6 rings (SSSR count). The quantitative estimate of drug-likeness (QED) is 0.0826. The fraction of sp³-hybridized carbons (Fsp3) is 0.0769. The van der Waals surface area contributed by atoms with E-state index >= 15 is 0 Å². The predicted molar refractivity (Wildman–Crippen MR) is 194 cm³/mol. The Hall–Kier alpha value is -5.60. The molecule has 0 atom stereocenters. The molecule has 6 aromatic rings. The van der Waals surface area contributed by atoms with Crippen LogP contribution in [0.4, 0.5) is 51.2 Å². The molecule has 9 N–H and O–H groups in total. The average Bonchev–Trinajstić information content (AvgIpc) is 3.11. The van der Waals surface area contributed by atoms with Gasteiger partial charge in [0.05, 0.1) is 22.7 Å². The van der Waals surface area contributed by atoms with E-state index in [1.54, 1.807) is 0 Å². The van der Waals surface area contributed by atoms with Crippen molar-refractivity contribution in [2.24, 2.45) is 17.2 Å². The first-order chi connectivity index (χ1) is 22.6. The smallest absolute Gasteiger partial charge is 0.0889 e. The third-order valence-electron chi connectivity index (χ3n) is 7.76. The molecule has 0 heterocycles. The van der Waals surface area contributed by atoms with E-state index in [9.17, 15) is 0 Å². The number of rotatable bonds is 12. The molecule has 0 fully saturated rings. The Morgan fingerprint density at radius 1 is 0.413 bits per heavy atom. The Morgan fingerprint density at radius 2 is 0.848 bits per heavy atom. The van der Waals surface area contributed by atoms with E-state index < -0.39 is 0 Å². The van der Waals surface area contributed by atoms with Gasteiger partial charge < -0.3 is 38.1 Å². The van der Waals surface area contributed by atoms with Crippen LogP contribution in [-0.2, 0) is 19.6 Å². The molecular weight excluding hydrogens is 566 g/mol. The van der Waals surface area contributed by atoms with E-state index in [1.807, 2.05) is 54.6 Å². The number of benzene rings is 6. The summed E-state index contributed by atoms with van der Waals surface area (Å²) in [6, 6.07) is 49.6. The van der Waals surface area contributed by atoms with Crippen molar-refractivity contribution in [3.05, 3.63) is 162 Å². The Morgan fingerprint density at radius 3 is 1.30 bits per heavy atom. The Kier molecular flexibility index (Phi) is 9.56. The number of hydrogen-bond donors (Lipinski definition) is 6. The van der Waals surface area contributed by atoms with Gasteiger partial charge in [0.1, 0.15) is 0 Å².